The van der Waals surface area contributed by atoms with E-state index in [-0.39, 0.29) is 41.1 Å². The van der Waals surface area contributed by atoms with Crippen LogP contribution in [0.2, 0.25) is 0 Å². The average molecular weight is 815 g/mol. The van der Waals surface area contributed by atoms with Crippen molar-refractivity contribution in [3.05, 3.63) is 46.4 Å². The number of carbonyl (C=O) groups is 5. The lowest BCUT2D eigenvalue weighted by atomic mass is 10.0. The highest BCUT2D eigenvalue weighted by Crippen LogP contribution is 2.41. The number of anilines is 3. The first-order valence-electron chi connectivity index (χ1n) is 16.1. The number of oxime groups is 1. The summed E-state index contributed by atoms with van der Waals surface area (Å²) in [6, 6.07) is 3.43. The number of carboxylic acids is 1. The number of β-lactam (4-membered cyclic amide) rings is 1. The van der Waals surface area contributed by atoms with Crippen molar-refractivity contribution in [2.24, 2.45) is 5.16 Å². The Bertz CT molecular complexity index is 1890. The first kappa shape index (κ1) is 38.4. The summed E-state index contributed by atoms with van der Waals surface area (Å²) >= 11 is 13.5. The lowest BCUT2D eigenvalue weighted by molar-refractivity contribution is -0.905. The lowest BCUT2D eigenvalue weighted by Gasteiger charge is -2.51. The molecular formula is C31H34Cl2FN9O8S2. The van der Waals surface area contributed by atoms with Crippen molar-refractivity contribution in [3.8, 4) is 0 Å². The summed E-state index contributed by atoms with van der Waals surface area (Å²) < 4.78 is 21.2. The van der Waals surface area contributed by atoms with Crippen molar-refractivity contribution < 1.29 is 47.5 Å². The number of aromatic nitrogens is 1. The summed E-state index contributed by atoms with van der Waals surface area (Å²) in [5.74, 6) is -3.71. The summed E-state index contributed by atoms with van der Waals surface area (Å²) in [6.45, 7) is 2.34. The van der Waals surface area contributed by atoms with Gasteiger partial charge in [-0.25, -0.2) is 14.2 Å². The van der Waals surface area contributed by atoms with E-state index in [9.17, 15) is 29.1 Å². The number of quaternary nitrogens is 1. The fourth-order valence-electron chi connectivity index (χ4n) is 6.55. The van der Waals surface area contributed by atoms with Crippen molar-refractivity contribution in [3.63, 3.8) is 0 Å². The van der Waals surface area contributed by atoms with Gasteiger partial charge in [-0.1, -0.05) is 28.4 Å². The second-order valence-electron chi connectivity index (χ2n) is 12.8. The zero-order valence-corrected chi connectivity index (χ0v) is 31.4. The number of cyclic esters (lactones) is 1. The third kappa shape index (κ3) is 7.96. The van der Waals surface area contributed by atoms with Crippen LogP contribution in [0.4, 0.5) is 25.7 Å². The molecule has 6 rings (SSSR count). The van der Waals surface area contributed by atoms with Crippen LogP contribution in [0.15, 0.2) is 40.0 Å². The molecule has 0 saturated carbocycles. The average Bonchev–Trinajstić information content (AvgIpc) is 3.72. The molecule has 1 unspecified atom stereocenters. The van der Waals surface area contributed by atoms with E-state index in [4.69, 9.17) is 38.5 Å². The molecule has 0 radical (unpaired) electrons. The standard InChI is InChI=1S/C31H34Cl2FN9O8S2/c1-43(7-5-40(6-8-43)20-4-3-16(9-18(20)34)41-11-17(51-31(41)49)10-36-26(45)24(32)33)12-15-13-52-28-22(27(46)42(28)23(15)29(47)48)38-25(44)21(39-50-2)19-14-53-30(35)37-19/h3-4,9,14,17,22,24,28H,5-8,10-13H2,1-2H3,(H4-,35,36,37,38,44,45,47,48)/b39-21-/t17-,22+,28?/m0/s1. The molecule has 2 aromatic rings. The van der Waals surface area contributed by atoms with Gasteiger partial charge in [0.2, 0.25) is 0 Å². The van der Waals surface area contributed by atoms with Crippen molar-refractivity contribution >= 4 is 98.3 Å². The quantitative estimate of drug-likeness (QED) is 0.0839. The predicted octanol–water partition coefficient (Wildman–Crippen LogP) is -0.169. The molecule has 3 atom stereocenters. The molecule has 3 fully saturated rings. The molecule has 284 valence electrons. The molecule has 22 heteroatoms. The Kier molecular flexibility index (Phi) is 11.2. The number of nitrogens with zero attached hydrogens (tertiary/aromatic N) is 6. The van der Waals surface area contributed by atoms with Gasteiger partial charge in [-0.05, 0) is 18.2 Å². The molecule has 4 amide bonds. The number of nitrogen functional groups attached to an aromatic ring is 1. The normalized spacial score (nSPS) is 22.7. The molecule has 0 aliphatic carbocycles. The van der Waals surface area contributed by atoms with E-state index in [1.54, 1.807) is 12.1 Å². The third-order valence-corrected chi connectivity index (χ3v) is 11.7. The van der Waals surface area contributed by atoms with Gasteiger partial charge in [0.25, 0.3) is 17.7 Å². The van der Waals surface area contributed by atoms with Gasteiger partial charge < -0.3 is 45.2 Å². The van der Waals surface area contributed by atoms with Gasteiger partial charge in [0.15, 0.2) is 15.7 Å². The smallest absolute Gasteiger partial charge is 0.414 e. The van der Waals surface area contributed by atoms with Crippen LogP contribution in [0.1, 0.15) is 5.69 Å². The number of benzene rings is 1. The number of fused-ring (bicyclic) bond motifs is 1. The largest absolute Gasteiger partial charge is 0.543 e. The second kappa shape index (κ2) is 15.5. The van der Waals surface area contributed by atoms with E-state index in [1.165, 1.54) is 35.2 Å². The monoisotopic (exact) mass is 813 g/mol. The fraction of sp³-hybridized carbons (Fsp3) is 0.452. The number of piperazine rings is 1. The van der Waals surface area contributed by atoms with Crippen LogP contribution in [0.3, 0.4) is 0 Å². The first-order chi connectivity index (χ1) is 25.2. The van der Waals surface area contributed by atoms with Gasteiger partial charge >= 0.3 is 6.09 Å². The molecule has 1 aromatic carbocycles. The Balaban J connectivity index is 1.07. The van der Waals surface area contributed by atoms with Gasteiger partial charge in [-0.3, -0.25) is 24.2 Å². The minimum atomic E-state index is -1.49. The number of likely N-dealkylation sites (N-methyl/N-ethyl adjacent to an activating group) is 1. The number of alkyl halides is 2. The summed E-state index contributed by atoms with van der Waals surface area (Å²) in [5.41, 5.74) is 6.62. The first-order valence-corrected chi connectivity index (χ1v) is 18.9. The third-order valence-electron chi connectivity index (χ3n) is 9.24. The summed E-state index contributed by atoms with van der Waals surface area (Å²) in [5, 5.41) is 22.3. The van der Waals surface area contributed by atoms with Gasteiger partial charge in [-0.2, -0.15) is 0 Å². The maximum absolute atomic E-state index is 15.5. The number of rotatable bonds is 12. The van der Waals surface area contributed by atoms with E-state index in [0.29, 0.717) is 54.2 Å². The van der Waals surface area contributed by atoms with Crippen LogP contribution < -0.4 is 31.3 Å². The number of carboxylic acid groups (broad SMARTS) is 1. The molecule has 4 N–H and O–H groups in total. The SMILES string of the molecule is CO/N=C(\C(=O)N[C@@H]1C(=O)N2C(C(=O)[O-])=C(C[N+]3(C)CCN(c4ccc(N5C[C@H](CNC(=O)C(Cl)Cl)OC5=O)cc4F)CC3)CSC12)c1csc(N)n1. The highest BCUT2D eigenvalue weighted by molar-refractivity contribution is 8.00. The van der Waals surface area contributed by atoms with Crippen molar-refractivity contribution in [1.82, 2.24) is 20.5 Å². The molecule has 0 bridgehead atoms. The number of aliphatic carboxylic acids is 1. The molecule has 53 heavy (non-hydrogen) atoms. The number of hydrogen-bond acceptors (Lipinski definition) is 14. The van der Waals surface area contributed by atoms with Crippen LogP contribution in [-0.2, 0) is 28.8 Å². The van der Waals surface area contributed by atoms with Crippen LogP contribution in [-0.4, -0.2) is 138 Å². The molecule has 4 aliphatic rings. The Morgan fingerprint density at radius 3 is 2.62 bits per heavy atom. The summed E-state index contributed by atoms with van der Waals surface area (Å²) in [7, 11) is 3.22. The Morgan fingerprint density at radius 2 is 2.00 bits per heavy atom. The van der Waals surface area contributed by atoms with Crippen LogP contribution >= 0.6 is 46.3 Å². The van der Waals surface area contributed by atoms with E-state index >= 15 is 4.39 Å². The molecule has 17 nitrogen and oxygen atoms in total. The van der Waals surface area contributed by atoms with Crippen LogP contribution in [0.25, 0.3) is 0 Å². The summed E-state index contributed by atoms with van der Waals surface area (Å²) in [4.78, 5) is 74.8. The number of nitrogens with two attached hydrogens (primary N) is 1. The minimum Gasteiger partial charge on any atom is -0.543 e. The number of nitrogens with one attached hydrogen (secondary N) is 2. The van der Waals surface area contributed by atoms with E-state index in [2.05, 4.69) is 20.8 Å². The maximum Gasteiger partial charge on any atom is 0.414 e. The highest BCUT2D eigenvalue weighted by Gasteiger charge is 2.54. The lowest BCUT2D eigenvalue weighted by Crippen LogP contribution is -2.72. The summed E-state index contributed by atoms with van der Waals surface area (Å²) in [6.07, 6.45) is -1.36. The van der Waals surface area contributed by atoms with E-state index < -0.39 is 58.0 Å². The van der Waals surface area contributed by atoms with Crippen molar-refractivity contribution in [2.45, 2.75) is 22.4 Å². The van der Waals surface area contributed by atoms with Crippen LogP contribution in [0.5, 0.6) is 0 Å². The van der Waals surface area contributed by atoms with Gasteiger partial charge in [0, 0.05) is 16.7 Å². The Morgan fingerprint density at radius 1 is 1.26 bits per heavy atom. The second-order valence-corrected chi connectivity index (χ2v) is 15.9. The van der Waals surface area contributed by atoms with E-state index in [1.807, 2.05) is 11.9 Å². The number of thioether (sulfide) groups is 1. The zero-order chi connectivity index (χ0) is 38.2. The number of halogens is 3. The molecule has 3 saturated heterocycles. The van der Waals surface area contributed by atoms with Crippen molar-refractivity contribution in [1.29, 1.82) is 0 Å². The number of thiazole rings is 1. The van der Waals surface area contributed by atoms with E-state index in [0.717, 1.165) is 16.2 Å². The molecular weight excluding hydrogens is 780 g/mol. The van der Waals surface area contributed by atoms with Gasteiger partial charge in [0.1, 0.15) is 42.7 Å². The van der Waals surface area contributed by atoms with Crippen molar-refractivity contribution in [2.75, 3.05) is 81.3 Å². The maximum atomic E-state index is 15.5. The molecule has 1 aromatic heterocycles. The number of ether oxygens (including phenoxy) is 1. The Hall–Kier alpha value is -4.37. The fourth-order valence-corrected chi connectivity index (χ4v) is 8.59. The number of carbonyl (C=O) groups excluding carboxylic acids is 5. The molecule has 4 aliphatic heterocycles. The number of hydrogen-bond donors (Lipinski definition) is 3. The topological polar surface area (TPSA) is 212 Å². The number of amides is 4. The van der Waals surface area contributed by atoms with Crippen LogP contribution in [0, 0.1) is 5.82 Å². The van der Waals surface area contributed by atoms with Gasteiger partial charge in [-0.15, -0.1) is 23.1 Å². The Labute approximate surface area is 320 Å². The molecule has 5 heterocycles. The molecule has 0 spiro atoms. The van der Waals surface area contributed by atoms with Gasteiger partial charge in [0.05, 0.1) is 69.4 Å². The highest BCUT2D eigenvalue weighted by atomic mass is 35.5. The predicted molar refractivity (Wildman–Crippen MR) is 193 cm³/mol. The minimum absolute atomic E-state index is 0.00711. The zero-order valence-electron chi connectivity index (χ0n) is 28.3.